The summed E-state index contributed by atoms with van der Waals surface area (Å²) in [6.07, 6.45) is 3.47. The monoisotopic (exact) mass is 268 g/mol. The molecular formula is C17H20N2O. The Labute approximate surface area is 120 Å². The summed E-state index contributed by atoms with van der Waals surface area (Å²) in [7, 11) is 1.62. The van der Waals surface area contributed by atoms with Crippen molar-refractivity contribution in [3.8, 4) is 17.0 Å². The van der Waals surface area contributed by atoms with Crippen molar-refractivity contribution in [2.24, 2.45) is 0 Å². The summed E-state index contributed by atoms with van der Waals surface area (Å²) in [6, 6.07) is 10.2. The van der Waals surface area contributed by atoms with Gasteiger partial charge in [-0.15, -0.1) is 0 Å². The molecule has 1 heterocycles. The highest BCUT2D eigenvalue weighted by Crippen LogP contribution is 2.35. The lowest BCUT2D eigenvalue weighted by Crippen LogP contribution is -1.99. The Bertz CT molecular complexity index is 606. The summed E-state index contributed by atoms with van der Waals surface area (Å²) >= 11 is 0. The summed E-state index contributed by atoms with van der Waals surface area (Å²) in [5.74, 6) is 1.04. The number of rotatable bonds is 5. The molecule has 0 unspecified atom stereocenters. The highest BCUT2D eigenvalue weighted by atomic mass is 16.5. The number of hydrogen-bond donors (Lipinski definition) is 1. The fourth-order valence-electron chi connectivity index (χ4n) is 2.24. The smallest absolute Gasteiger partial charge is 0.213 e. The van der Waals surface area contributed by atoms with E-state index in [-0.39, 0.29) is 0 Å². The molecule has 1 N–H and O–H groups in total. The first-order valence-electron chi connectivity index (χ1n) is 6.68. The maximum Gasteiger partial charge on any atom is 0.213 e. The number of pyridine rings is 1. The van der Waals surface area contributed by atoms with Crippen LogP contribution in [0.1, 0.15) is 25.3 Å². The van der Waals surface area contributed by atoms with E-state index in [1.165, 1.54) is 5.56 Å². The Morgan fingerprint density at radius 2 is 2.10 bits per heavy atom. The van der Waals surface area contributed by atoms with Gasteiger partial charge in [-0.3, -0.25) is 0 Å². The first-order chi connectivity index (χ1) is 9.67. The zero-order chi connectivity index (χ0) is 14.5. The molecule has 1 aromatic carbocycles. The molecule has 0 saturated heterocycles. The molecule has 2 aromatic rings. The molecule has 0 spiro atoms. The van der Waals surface area contributed by atoms with Gasteiger partial charge in [0.25, 0.3) is 0 Å². The molecule has 3 heteroatoms. The van der Waals surface area contributed by atoms with Gasteiger partial charge in [-0.25, -0.2) is 4.98 Å². The van der Waals surface area contributed by atoms with E-state index in [1.54, 1.807) is 19.5 Å². The molecule has 3 nitrogen and oxygen atoms in total. The van der Waals surface area contributed by atoms with Crippen LogP contribution in [-0.2, 0) is 0 Å². The van der Waals surface area contributed by atoms with Gasteiger partial charge >= 0.3 is 0 Å². The highest BCUT2D eigenvalue weighted by Gasteiger charge is 2.12. The van der Waals surface area contributed by atoms with Crippen molar-refractivity contribution < 1.29 is 4.74 Å². The third kappa shape index (κ3) is 2.82. The molecule has 0 bridgehead atoms. The lowest BCUT2D eigenvalue weighted by molar-refractivity contribution is 0.398. The first-order valence-corrected chi connectivity index (χ1v) is 6.68. The molecule has 0 aliphatic heterocycles. The molecule has 104 valence electrons. The summed E-state index contributed by atoms with van der Waals surface area (Å²) in [5.41, 5.74) is 4.55. The number of ether oxygens (including phenoxy) is 1. The minimum absolute atomic E-state index is 0.432. The van der Waals surface area contributed by atoms with Crippen molar-refractivity contribution >= 4 is 5.69 Å². The summed E-state index contributed by atoms with van der Waals surface area (Å²) < 4.78 is 5.20. The van der Waals surface area contributed by atoms with Crippen LogP contribution in [0.3, 0.4) is 0 Å². The van der Waals surface area contributed by atoms with Gasteiger partial charge in [0.1, 0.15) is 0 Å². The number of para-hydroxylation sites is 1. The van der Waals surface area contributed by atoms with Gasteiger partial charge in [0.15, 0.2) is 0 Å². The first kappa shape index (κ1) is 14.1. The van der Waals surface area contributed by atoms with E-state index in [2.05, 4.69) is 48.9 Å². The van der Waals surface area contributed by atoms with Gasteiger partial charge in [-0.05, 0) is 29.3 Å². The van der Waals surface area contributed by atoms with Crippen LogP contribution in [0.2, 0.25) is 0 Å². The third-order valence-corrected chi connectivity index (χ3v) is 3.22. The molecule has 20 heavy (non-hydrogen) atoms. The van der Waals surface area contributed by atoms with Crippen molar-refractivity contribution in [2.45, 2.75) is 19.8 Å². The molecule has 0 saturated carbocycles. The topological polar surface area (TPSA) is 34.2 Å². The van der Waals surface area contributed by atoms with Gasteiger partial charge in [-0.1, -0.05) is 38.6 Å². The molecule has 2 rings (SSSR count). The van der Waals surface area contributed by atoms with Crippen LogP contribution >= 0.6 is 0 Å². The van der Waals surface area contributed by atoms with Crippen LogP contribution in [0.25, 0.3) is 11.1 Å². The van der Waals surface area contributed by atoms with Gasteiger partial charge in [0.2, 0.25) is 5.88 Å². The van der Waals surface area contributed by atoms with Gasteiger partial charge in [0.05, 0.1) is 7.11 Å². The zero-order valence-electron chi connectivity index (χ0n) is 12.2. The third-order valence-electron chi connectivity index (χ3n) is 3.22. The highest BCUT2D eigenvalue weighted by molar-refractivity contribution is 5.81. The van der Waals surface area contributed by atoms with E-state index < -0.39 is 0 Å². The summed E-state index contributed by atoms with van der Waals surface area (Å²) in [5, 5.41) is 3.26. The van der Waals surface area contributed by atoms with E-state index in [0.29, 0.717) is 11.8 Å². The lowest BCUT2D eigenvalue weighted by Gasteiger charge is -2.17. The Morgan fingerprint density at radius 3 is 2.75 bits per heavy atom. The second-order valence-electron chi connectivity index (χ2n) is 4.86. The average Bonchev–Trinajstić information content (AvgIpc) is 2.47. The normalized spacial score (nSPS) is 10.4. The standard InChI is InChI=1S/C17H20N2O/c1-5-18-17-14(12(2)3)7-6-8-15(17)13-9-10-19-16(11-13)20-4/h5-12,18H,1H2,2-4H3. The fourth-order valence-corrected chi connectivity index (χ4v) is 2.24. The number of hydrogen-bond acceptors (Lipinski definition) is 3. The van der Waals surface area contributed by atoms with E-state index in [4.69, 9.17) is 4.74 Å². The molecule has 0 fully saturated rings. The van der Waals surface area contributed by atoms with E-state index >= 15 is 0 Å². The molecule has 0 amide bonds. The maximum absolute atomic E-state index is 5.20. The van der Waals surface area contributed by atoms with Crippen molar-refractivity contribution in [1.82, 2.24) is 4.98 Å². The molecule has 0 aliphatic rings. The lowest BCUT2D eigenvalue weighted by atomic mass is 9.94. The van der Waals surface area contributed by atoms with Crippen LogP contribution in [0.5, 0.6) is 5.88 Å². The Balaban J connectivity index is 2.60. The second kappa shape index (κ2) is 6.24. The van der Waals surface area contributed by atoms with E-state index in [9.17, 15) is 0 Å². The number of nitrogens with one attached hydrogen (secondary N) is 1. The van der Waals surface area contributed by atoms with Crippen LogP contribution in [0.15, 0.2) is 49.3 Å². The van der Waals surface area contributed by atoms with Crippen molar-refractivity contribution in [3.05, 3.63) is 54.9 Å². The predicted octanol–water partition coefficient (Wildman–Crippen LogP) is 4.44. The maximum atomic E-state index is 5.20. The van der Waals surface area contributed by atoms with Gasteiger partial charge in [-0.2, -0.15) is 0 Å². The fraction of sp³-hybridized carbons (Fsp3) is 0.235. The molecular weight excluding hydrogens is 248 g/mol. The molecule has 1 aromatic heterocycles. The summed E-state index contributed by atoms with van der Waals surface area (Å²) in [6.45, 7) is 8.14. The largest absolute Gasteiger partial charge is 0.481 e. The van der Waals surface area contributed by atoms with Crippen LogP contribution in [-0.4, -0.2) is 12.1 Å². The minimum Gasteiger partial charge on any atom is -0.481 e. The number of anilines is 1. The second-order valence-corrected chi connectivity index (χ2v) is 4.86. The van der Waals surface area contributed by atoms with Gasteiger partial charge in [0, 0.05) is 23.5 Å². The van der Waals surface area contributed by atoms with Crippen molar-refractivity contribution in [1.29, 1.82) is 0 Å². The molecule has 0 radical (unpaired) electrons. The molecule has 0 aliphatic carbocycles. The molecule has 0 atom stereocenters. The Morgan fingerprint density at radius 1 is 1.30 bits per heavy atom. The van der Waals surface area contributed by atoms with Crippen molar-refractivity contribution in [3.63, 3.8) is 0 Å². The predicted molar refractivity (Wildman–Crippen MR) is 84.1 cm³/mol. The van der Waals surface area contributed by atoms with Crippen LogP contribution in [0.4, 0.5) is 5.69 Å². The van der Waals surface area contributed by atoms with Gasteiger partial charge < -0.3 is 10.1 Å². The quantitative estimate of drug-likeness (QED) is 0.870. The number of nitrogens with zero attached hydrogens (tertiary/aromatic N) is 1. The van der Waals surface area contributed by atoms with Crippen LogP contribution < -0.4 is 10.1 Å². The Kier molecular flexibility index (Phi) is 4.41. The SMILES string of the molecule is C=CNc1c(-c2ccnc(OC)c2)cccc1C(C)C. The average molecular weight is 268 g/mol. The number of benzene rings is 1. The number of methoxy groups -OCH3 is 1. The van der Waals surface area contributed by atoms with E-state index in [0.717, 1.165) is 16.8 Å². The number of aromatic nitrogens is 1. The van der Waals surface area contributed by atoms with Crippen LogP contribution in [0, 0.1) is 0 Å². The van der Waals surface area contributed by atoms with E-state index in [1.807, 2.05) is 12.1 Å². The zero-order valence-corrected chi connectivity index (χ0v) is 12.2. The summed E-state index contributed by atoms with van der Waals surface area (Å²) in [4.78, 5) is 4.15. The van der Waals surface area contributed by atoms with Crippen molar-refractivity contribution in [2.75, 3.05) is 12.4 Å². The minimum atomic E-state index is 0.432. The Hall–Kier alpha value is -2.29.